The lowest BCUT2D eigenvalue weighted by Gasteiger charge is -2.20. The van der Waals surface area contributed by atoms with Crippen LogP contribution in [0, 0.1) is 0 Å². The van der Waals surface area contributed by atoms with Crippen molar-refractivity contribution in [3.05, 3.63) is 107 Å². The molecule has 1 saturated heterocycles. The van der Waals surface area contributed by atoms with Crippen molar-refractivity contribution in [2.24, 2.45) is 0 Å². The van der Waals surface area contributed by atoms with Crippen LogP contribution in [-0.2, 0) is 31.3 Å². The summed E-state index contributed by atoms with van der Waals surface area (Å²) in [5.41, 5.74) is 2.91. The summed E-state index contributed by atoms with van der Waals surface area (Å²) in [4.78, 5) is 63.7. The number of nitrogens with two attached hydrogens (primary N) is 1. The van der Waals surface area contributed by atoms with E-state index < -0.39 is 65.0 Å². The molecule has 0 aliphatic carbocycles. The van der Waals surface area contributed by atoms with Crippen LogP contribution in [0.25, 0.3) is 5.65 Å². The number of nitrogen functional groups attached to an aromatic ring is 1. The highest BCUT2D eigenvalue weighted by molar-refractivity contribution is 6.08. The minimum Gasteiger partial charge on any atom is -0.465 e. The van der Waals surface area contributed by atoms with Crippen LogP contribution >= 0.6 is 0 Å². The van der Waals surface area contributed by atoms with E-state index >= 15 is 0 Å². The molecule has 5 aromatic heterocycles. The Kier molecular flexibility index (Phi) is 12.7. The molecule has 1 unspecified atom stereocenters. The first-order chi connectivity index (χ1) is 27.0. The molecule has 1 aliphatic heterocycles. The van der Waals surface area contributed by atoms with E-state index in [1.807, 2.05) is 0 Å². The molecule has 0 radical (unpaired) electrons. The molecule has 300 valence electrons. The molecule has 1 atom stereocenters. The number of halogens is 6. The van der Waals surface area contributed by atoms with E-state index in [-0.39, 0.29) is 34.9 Å². The smallest absolute Gasteiger partial charge is 0.433 e. The van der Waals surface area contributed by atoms with Crippen molar-refractivity contribution >= 4 is 46.6 Å². The highest BCUT2D eigenvalue weighted by Crippen LogP contribution is 2.29. The topological polar surface area (TPSA) is 211 Å². The Morgan fingerprint density at radius 1 is 0.842 bits per heavy atom. The van der Waals surface area contributed by atoms with Gasteiger partial charge in [0, 0.05) is 12.4 Å². The number of amides is 2. The average Bonchev–Trinajstić information content (AvgIpc) is 3.61. The Morgan fingerprint density at radius 3 is 1.98 bits per heavy atom. The zero-order valence-corrected chi connectivity index (χ0v) is 29.6. The molecule has 57 heavy (non-hydrogen) atoms. The molecule has 5 aromatic rings. The number of aromatic nitrogens is 5. The lowest BCUT2D eigenvalue weighted by Crippen LogP contribution is -2.22. The first-order valence-corrected chi connectivity index (χ1v) is 16.4. The van der Waals surface area contributed by atoms with Crippen molar-refractivity contribution in [1.29, 1.82) is 0 Å². The van der Waals surface area contributed by atoms with Crippen LogP contribution in [0.4, 0.5) is 43.5 Å². The maximum Gasteiger partial charge on any atom is 0.433 e. The summed E-state index contributed by atoms with van der Waals surface area (Å²) < 4.78 is 99.0. The molecule has 22 heteroatoms. The number of hydrogen-bond donors (Lipinski definition) is 3. The van der Waals surface area contributed by atoms with Gasteiger partial charge in [0.2, 0.25) is 0 Å². The molecule has 2 amide bonds. The van der Waals surface area contributed by atoms with Crippen LogP contribution in [0.5, 0.6) is 0 Å². The van der Waals surface area contributed by atoms with E-state index in [9.17, 15) is 45.5 Å². The summed E-state index contributed by atoms with van der Waals surface area (Å²) in [6.07, 6.45) is -5.61. The standard InChI is InChI=1S/C21H19F3N4O5.C14H11F3N4O3/c1-2-32-20(30)12-8-18-26-15(16-11-31-6-7-33-16)10-28(18)9-14(12)27-19(29)13-4-3-5-17(25-13)21(22,23)24;1-24-13(23)7-5-11(18)19-6-9(7)21-12(22)8-3-2-4-10(20-8)14(15,16)17/h3-5,8-10,16H,2,6-7,11H2,1H3,(H,27,29);2-6H,1H3,(H2,18,19)(H,21,22). The number of methoxy groups -OCH3 is 1. The Morgan fingerprint density at radius 2 is 1.44 bits per heavy atom. The molecule has 16 nitrogen and oxygen atoms in total. The van der Waals surface area contributed by atoms with Gasteiger partial charge in [0.15, 0.2) is 0 Å². The average molecular weight is 805 g/mol. The van der Waals surface area contributed by atoms with Crippen LogP contribution in [-0.4, -0.2) is 81.6 Å². The number of nitrogens with zero attached hydrogens (tertiary/aromatic N) is 5. The number of anilines is 3. The Bertz CT molecular complexity index is 2290. The Balaban J connectivity index is 0.000000230. The first-order valence-electron chi connectivity index (χ1n) is 16.4. The highest BCUT2D eigenvalue weighted by atomic mass is 19.4. The molecule has 0 spiro atoms. The summed E-state index contributed by atoms with van der Waals surface area (Å²) >= 11 is 0. The predicted octanol–water partition coefficient (Wildman–Crippen LogP) is 5.38. The first kappa shape index (κ1) is 41.5. The van der Waals surface area contributed by atoms with Gasteiger partial charge >= 0.3 is 24.3 Å². The van der Waals surface area contributed by atoms with Gasteiger partial charge in [0.05, 0.1) is 67.9 Å². The predicted molar refractivity (Wildman–Crippen MR) is 185 cm³/mol. The molecule has 4 N–H and O–H groups in total. The van der Waals surface area contributed by atoms with E-state index in [0.29, 0.717) is 31.2 Å². The van der Waals surface area contributed by atoms with Crippen LogP contribution in [0.15, 0.2) is 67.1 Å². The van der Waals surface area contributed by atoms with Crippen molar-refractivity contribution in [1.82, 2.24) is 24.3 Å². The molecule has 6 rings (SSSR count). The third-order valence-corrected chi connectivity index (χ3v) is 7.62. The third-order valence-electron chi connectivity index (χ3n) is 7.62. The Hall–Kier alpha value is -6.68. The zero-order valence-electron chi connectivity index (χ0n) is 29.6. The fraction of sp³-hybridized carbons (Fsp3) is 0.257. The summed E-state index contributed by atoms with van der Waals surface area (Å²) in [5.74, 6) is -3.38. The van der Waals surface area contributed by atoms with Gasteiger partial charge in [0.25, 0.3) is 11.8 Å². The summed E-state index contributed by atoms with van der Waals surface area (Å²) in [6, 6.07) is 8.46. The number of pyridine rings is 4. The molecule has 0 saturated carbocycles. The van der Waals surface area contributed by atoms with Gasteiger partial charge in [-0.05, 0) is 43.3 Å². The van der Waals surface area contributed by atoms with Gasteiger partial charge in [-0.25, -0.2) is 29.5 Å². The second-order valence-electron chi connectivity index (χ2n) is 11.6. The minimum atomic E-state index is -4.70. The van der Waals surface area contributed by atoms with Crippen LogP contribution in [0.3, 0.4) is 0 Å². The fourth-order valence-electron chi connectivity index (χ4n) is 5.00. The minimum absolute atomic E-state index is 0.00518. The van der Waals surface area contributed by atoms with Crippen LogP contribution in [0.2, 0.25) is 0 Å². The van der Waals surface area contributed by atoms with Gasteiger partial charge in [-0.15, -0.1) is 0 Å². The van der Waals surface area contributed by atoms with Gasteiger partial charge in [0.1, 0.15) is 40.3 Å². The molecular weight excluding hydrogens is 774 g/mol. The molecule has 0 bridgehead atoms. The van der Waals surface area contributed by atoms with Gasteiger partial charge in [-0.2, -0.15) is 26.3 Å². The molecule has 1 aliphatic rings. The van der Waals surface area contributed by atoms with Crippen molar-refractivity contribution in [2.75, 3.05) is 49.9 Å². The quantitative estimate of drug-likeness (QED) is 0.133. The van der Waals surface area contributed by atoms with E-state index in [1.54, 1.807) is 17.5 Å². The molecule has 1 fully saturated rings. The lowest BCUT2D eigenvalue weighted by molar-refractivity contribution is -0.142. The fourth-order valence-corrected chi connectivity index (χ4v) is 5.00. The second kappa shape index (κ2) is 17.4. The molecule has 0 aromatic carbocycles. The number of esters is 2. The SMILES string of the molecule is CCOC(=O)c1cc2nc(C3COCCO3)cn2cc1NC(=O)c1cccc(C(F)(F)F)n1.COC(=O)c1cc(N)ncc1NC(=O)c1cccc(C(F)(F)F)n1. The number of fused-ring (bicyclic) bond motifs is 1. The molecular formula is C35H30F6N8O8. The number of nitrogens with one attached hydrogen (secondary N) is 2. The summed E-state index contributed by atoms with van der Waals surface area (Å²) in [6.45, 7) is 2.92. The third kappa shape index (κ3) is 10.3. The second-order valence-corrected chi connectivity index (χ2v) is 11.6. The van der Waals surface area contributed by atoms with E-state index in [2.05, 4.69) is 35.3 Å². The van der Waals surface area contributed by atoms with Crippen molar-refractivity contribution in [3.63, 3.8) is 0 Å². The van der Waals surface area contributed by atoms with Gasteiger partial charge in [-0.3, -0.25) is 9.59 Å². The summed E-state index contributed by atoms with van der Waals surface area (Å²) in [7, 11) is 1.12. The van der Waals surface area contributed by atoms with Crippen molar-refractivity contribution in [2.45, 2.75) is 25.4 Å². The van der Waals surface area contributed by atoms with E-state index in [0.717, 1.165) is 49.7 Å². The number of carbonyl (C=O) groups is 4. The number of hydrogen-bond acceptors (Lipinski definition) is 13. The van der Waals surface area contributed by atoms with E-state index in [1.165, 1.54) is 18.3 Å². The van der Waals surface area contributed by atoms with Crippen molar-refractivity contribution < 1.29 is 64.5 Å². The van der Waals surface area contributed by atoms with Gasteiger partial charge in [-0.1, -0.05) is 12.1 Å². The maximum absolute atomic E-state index is 13.0. The van der Waals surface area contributed by atoms with Crippen LogP contribution in [0.1, 0.15) is 71.8 Å². The number of ether oxygens (including phenoxy) is 4. The normalized spacial score (nSPS) is 14.2. The van der Waals surface area contributed by atoms with Crippen LogP contribution < -0.4 is 16.4 Å². The Labute approximate surface area is 317 Å². The number of imidazole rings is 1. The number of carbonyl (C=O) groups excluding carboxylic acids is 4. The van der Waals surface area contributed by atoms with E-state index in [4.69, 9.17) is 19.9 Å². The number of alkyl halides is 6. The zero-order chi connectivity index (χ0) is 41.5. The molecule has 6 heterocycles. The monoisotopic (exact) mass is 804 g/mol. The van der Waals surface area contributed by atoms with Crippen molar-refractivity contribution in [3.8, 4) is 0 Å². The largest absolute Gasteiger partial charge is 0.465 e. The highest BCUT2D eigenvalue weighted by Gasteiger charge is 2.34. The van der Waals surface area contributed by atoms with Gasteiger partial charge < -0.3 is 39.7 Å². The summed E-state index contributed by atoms with van der Waals surface area (Å²) in [5, 5.41) is 4.71. The lowest BCUT2D eigenvalue weighted by atomic mass is 10.2. The number of rotatable bonds is 8. The maximum atomic E-state index is 13.0.